The van der Waals surface area contributed by atoms with E-state index < -0.39 is 29.7 Å². The first-order chi connectivity index (χ1) is 14.4. The number of nitrogens with one attached hydrogen (secondary N) is 2. The summed E-state index contributed by atoms with van der Waals surface area (Å²) in [6.07, 6.45) is -0.0720. The Kier molecular flexibility index (Phi) is 6.66. The molecule has 1 fully saturated rings. The smallest absolute Gasteiger partial charge is 0.279 e. The van der Waals surface area contributed by atoms with Gasteiger partial charge < -0.3 is 9.64 Å². The predicted octanol–water partition coefficient (Wildman–Crippen LogP) is 2.36. The lowest BCUT2D eigenvalue weighted by molar-refractivity contribution is -0.134. The highest BCUT2D eigenvalue weighted by Gasteiger charge is 2.35. The number of amides is 3. The fourth-order valence-corrected chi connectivity index (χ4v) is 3.16. The third kappa shape index (κ3) is 4.94. The van der Waals surface area contributed by atoms with Gasteiger partial charge >= 0.3 is 0 Å². The zero-order chi connectivity index (χ0) is 21.7. The quantitative estimate of drug-likeness (QED) is 0.712. The summed E-state index contributed by atoms with van der Waals surface area (Å²) in [5.41, 5.74) is 6.49. The van der Waals surface area contributed by atoms with Gasteiger partial charge in [-0.15, -0.1) is 0 Å². The van der Waals surface area contributed by atoms with Gasteiger partial charge in [0.2, 0.25) is 11.8 Å². The largest absolute Gasteiger partial charge is 0.478 e. The Morgan fingerprint density at radius 2 is 1.87 bits per heavy atom. The predicted molar refractivity (Wildman–Crippen MR) is 109 cm³/mol. The summed E-state index contributed by atoms with van der Waals surface area (Å²) >= 11 is 0. The van der Waals surface area contributed by atoms with Crippen LogP contribution in [0.5, 0.6) is 5.75 Å². The maximum absolute atomic E-state index is 13.6. The van der Waals surface area contributed by atoms with Crippen LogP contribution in [0.25, 0.3) is 0 Å². The number of para-hydroxylation sites is 1. The molecule has 1 heterocycles. The van der Waals surface area contributed by atoms with Crippen molar-refractivity contribution >= 4 is 23.4 Å². The summed E-state index contributed by atoms with van der Waals surface area (Å²) < 4.78 is 18.9. The van der Waals surface area contributed by atoms with Gasteiger partial charge in [0.05, 0.1) is 5.92 Å². The number of anilines is 1. The summed E-state index contributed by atoms with van der Waals surface area (Å²) in [5.74, 6) is -2.49. The Hall–Kier alpha value is -3.42. The van der Waals surface area contributed by atoms with E-state index in [1.807, 2.05) is 31.2 Å². The van der Waals surface area contributed by atoms with Crippen LogP contribution in [0.4, 0.5) is 10.1 Å². The van der Waals surface area contributed by atoms with Crippen molar-refractivity contribution in [2.45, 2.75) is 32.8 Å². The normalized spacial score (nSPS) is 16.8. The Balaban J connectivity index is 1.51. The SMILES string of the molecule is CCc1ccc(N2C[C@@H](C(=O)NNC(=O)[C@@H](C)Oc3ccccc3F)CC2=O)cc1. The highest BCUT2D eigenvalue weighted by Crippen LogP contribution is 2.25. The number of benzene rings is 2. The second kappa shape index (κ2) is 9.39. The minimum absolute atomic E-state index is 0.0541. The Bertz CT molecular complexity index is 932. The topological polar surface area (TPSA) is 87.7 Å². The summed E-state index contributed by atoms with van der Waals surface area (Å²) in [4.78, 5) is 38.4. The van der Waals surface area contributed by atoms with Crippen molar-refractivity contribution < 1.29 is 23.5 Å². The molecule has 8 heteroatoms. The number of carbonyl (C=O) groups excluding carboxylic acids is 3. The van der Waals surface area contributed by atoms with Crippen LogP contribution in [0.15, 0.2) is 48.5 Å². The molecule has 0 spiro atoms. The van der Waals surface area contributed by atoms with Crippen LogP contribution in [0.3, 0.4) is 0 Å². The maximum Gasteiger partial charge on any atom is 0.279 e. The molecule has 2 N–H and O–H groups in total. The lowest BCUT2D eigenvalue weighted by atomic mass is 10.1. The first kappa shape index (κ1) is 21.3. The molecule has 0 aliphatic carbocycles. The van der Waals surface area contributed by atoms with Crippen LogP contribution in [0, 0.1) is 11.7 Å². The molecule has 1 saturated heterocycles. The minimum atomic E-state index is -1.03. The van der Waals surface area contributed by atoms with Gasteiger partial charge in [0.15, 0.2) is 17.7 Å². The number of rotatable bonds is 6. The molecule has 3 rings (SSSR count). The number of ether oxygens (including phenoxy) is 1. The van der Waals surface area contributed by atoms with Crippen LogP contribution in [0.1, 0.15) is 25.8 Å². The maximum atomic E-state index is 13.6. The van der Waals surface area contributed by atoms with Gasteiger partial charge in [-0.05, 0) is 43.2 Å². The highest BCUT2D eigenvalue weighted by molar-refractivity contribution is 6.00. The van der Waals surface area contributed by atoms with Crippen LogP contribution >= 0.6 is 0 Å². The molecule has 2 atom stereocenters. The molecule has 0 unspecified atom stereocenters. The van der Waals surface area contributed by atoms with E-state index in [9.17, 15) is 18.8 Å². The lowest BCUT2D eigenvalue weighted by Gasteiger charge is -2.18. The lowest BCUT2D eigenvalue weighted by Crippen LogP contribution is -2.49. The van der Waals surface area contributed by atoms with E-state index >= 15 is 0 Å². The molecule has 0 bridgehead atoms. The van der Waals surface area contributed by atoms with Gasteiger partial charge in [-0.3, -0.25) is 25.2 Å². The van der Waals surface area contributed by atoms with Gasteiger partial charge in [0.1, 0.15) is 0 Å². The molecule has 0 saturated carbocycles. The minimum Gasteiger partial charge on any atom is -0.478 e. The third-order valence-electron chi connectivity index (χ3n) is 4.97. The molecule has 2 aromatic carbocycles. The summed E-state index contributed by atoms with van der Waals surface area (Å²) in [6, 6.07) is 13.4. The highest BCUT2D eigenvalue weighted by atomic mass is 19.1. The fraction of sp³-hybridized carbons (Fsp3) is 0.318. The van der Waals surface area contributed by atoms with E-state index in [2.05, 4.69) is 10.9 Å². The second-order valence-corrected chi connectivity index (χ2v) is 7.09. The molecule has 0 aromatic heterocycles. The number of aryl methyl sites for hydroxylation is 1. The monoisotopic (exact) mass is 413 g/mol. The number of hydrogen-bond donors (Lipinski definition) is 2. The molecular formula is C22H24FN3O4. The molecule has 1 aliphatic heterocycles. The molecule has 30 heavy (non-hydrogen) atoms. The average molecular weight is 413 g/mol. The van der Waals surface area contributed by atoms with Crippen molar-refractivity contribution in [2.75, 3.05) is 11.4 Å². The van der Waals surface area contributed by atoms with Crippen molar-refractivity contribution in [3.05, 3.63) is 59.9 Å². The Morgan fingerprint density at radius 1 is 1.17 bits per heavy atom. The molecule has 0 radical (unpaired) electrons. The average Bonchev–Trinajstić information content (AvgIpc) is 3.15. The molecule has 7 nitrogen and oxygen atoms in total. The molecule has 1 aliphatic rings. The van der Waals surface area contributed by atoms with Crippen molar-refractivity contribution in [2.24, 2.45) is 5.92 Å². The van der Waals surface area contributed by atoms with Crippen LogP contribution in [0.2, 0.25) is 0 Å². The first-order valence-electron chi connectivity index (χ1n) is 9.79. The van der Waals surface area contributed by atoms with Crippen LogP contribution in [-0.2, 0) is 20.8 Å². The van der Waals surface area contributed by atoms with E-state index in [1.165, 1.54) is 25.1 Å². The zero-order valence-corrected chi connectivity index (χ0v) is 16.9. The van der Waals surface area contributed by atoms with E-state index in [4.69, 9.17) is 4.74 Å². The molecule has 158 valence electrons. The van der Waals surface area contributed by atoms with E-state index in [-0.39, 0.29) is 24.6 Å². The number of hydrazine groups is 1. The van der Waals surface area contributed by atoms with Crippen molar-refractivity contribution in [1.29, 1.82) is 0 Å². The van der Waals surface area contributed by atoms with Crippen molar-refractivity contribution in [1.82, 2.24) is 10.9 Å². The summed E-state index contributed by atoms with van der Waals surface area (Å²) in [6.45, 7) is 3.72. The van der Waals surface area contributed by atoms with E-state index in [1.54, 1.807) is 11.0 Å². The second-order valence-electron chi connectivity index (χ2n) is 7.09. The molecule has 2 aromatic rings. The van der Waals surface area contributed by atoms with Gasteiger partial charge in [-0.1, -0.05) is 31.2 Å². The summed E-state index contributed by atoms with van der Waals surface area (Å²) in [5, 5.41) is 0. The van der Waals surface area contributed by atoms with Crippen LogP contribution < -0.4 is 20.5 Å². The zero-order valence-electron chi connectivity index (χ0n) is 16.9. The number of hydrogen-bond acceptors (Lipinski definition) is 4. The van der Waals surface area contributed by atoms with E-state index in [0.717, 1.165) is 17.7 Å². The van der Waals surface area contributed by atoms with Crippen molar-refractivity contribution in [3.63, 3.8) is 0 Å². The molecular weight excluding hydrogens is 389 g/mol. The number of nitrogens with zero attached hydrogens (tertiary/aromatic N) is 1. The first-order valence-corrected chi connectivity index (χ1v) is 9.79. The summed E-state index contributed by atoms with van der Waals surface area (Å²) in [7, 11) is 0. The Morgan fingerprint density at radius 3 is 2.53 bits per heavy atom. The Labute approximate surface area is 174 Å². The van der Waals surface area contributed by atoms with E-state index in [0.29, 0.717) is 0 Å². The number of carbonyl (C=O) groups is 3. The van der Waals surface area contributed by atoms with Gasteiger partial charge in [-0.2, -0.15) is 0 Å². The van der Waals surface area contributed by atoms with Crippen LogP contribution in [-0.4, -0.2) is 30.4 Å². The van der Waals surface area contributed by atoms with Gasteiger partial charge in [0.25, 0.3) is 5.91 Å². The molecule has 3 amide bonds. The van der Waals surface area contributed by atoms with Gasteiger partial charge in [-0.25, -0.2) is 4.39 Å². The number of halogens is 1. The third-order valence-corrected chi connectivity index (χ3v) is 4.97. The van der Waals surface area contributed by atoms with Crippen molar-refractivity contribution in [3.8, 4) is 5.75 Å². The fourth-order valence-electron chi connectivity index (χ4n) is 3.16. The van der Waals surface area contributed by atoms with Gasteiger partial charge in [0, 0.05) is 18.7 Å². The standard InChI is InChI=1S/C22H24FN3O4/c1-3-15-8-10-17(11-9-15)26-13-16(12-20(26)27)22(29)25-24-21(28)14(2)30-19-7-5-4-6-18(19)23/h4-11,14,16H,3,12-13H2,1-2H3,(H,24,28)(H,25,29)/t14-,16+/m1/s1.